The predicted molar refractivity (Wildman–Crippen MR) is 54.1 cm³/mol. The number of aromatic amines is 1. The highest BCUT2D eigenvalue weighted by Crippen LogP contribution is 2.22. The van der Waals surface area contributed by atoms with Crippen molar-refractivity contribution in [2.24, 2.45) is 0 Å². The van der Waals surface area contributed by atoms with Crippen molar-refractivity contribution in [2.75, 3.05) is 0 Å². The molecule has 0 unspecified atom stereocenters. The maximum absolute atomic E-state index is 10.7. The van der Waals surface area contributed by atoms with Crippen LogP contribution >= 0.6 is 0 Å². The van der Waals surface area contributed by atoms with Crippen molar-refractivity contribution in [3.63, 3.8) is 0 Å². The average Bonchev–Trinajstić information content (AvgIpc) is 2.66. The number of nitrogens with one attached hydrogen (secondary N) is 1. The molecule has 0 radical (unpaired) electrons. The van der Waals surface area contributed by atoms with Crippen molar-refractivity contribution >= 4 is 6.29 Å². The van der Waals surface area contributed by atoms with Crippen LogP contribution in [0.25, 0.3) is 11.3 Å². The highest BCUT2D eigenvalue weighted by Gasteiger charge is 2.07. The van der Waals surface area contributed by atoms with E-state index in [1.165, 1.54) is 6.20 Å². The van der Waals surface area contributed by atoms with E-state index in [0.29, 0.717) is 5.56 Å². The number of H-pyrrole nitrogens is 1. The molecule has 0 spiro atoms. The van der Waals surface area contributed by atoms with Gasteiger partial charge in [-0.05, 0) is 12.5 Å². The summed E-state index contributed by atoms with van der Waals surface area (Å²) in [5.74, 6) is 0. The van der Waals surface area contributed by atoms with Crippen LogP contribution in [-0.2, 0) is 0 Å². The number of aryl methyl sites for hydroxylation is 1. The molecule has 0 amide bonds. The Morgan fingerprint density at radius 2 is 2.14 bits per heavy atom. The third-order valence-electron chi connectivity index (χ3n) is 2.21. The van der Waals surface area contributed by atoms with Gasteiger partial charge >= 0.3 is 0 Å². The number of carbonyl (C=O) groups is 1. The van der Waals surface area contributed by atoms with Crippen LogP contribution in [0.1, 0.15) is 15.9 Å². The van der Waals surface area contributed by atoms with Gasteiger partial charge in [-0.1, -0.05) is 24.3 Å². The Labute approximate surface area is 81.8 Å². The first-order valence-electron chi connectivity index (χ1n) is 4.37. The van der Waals surface area contributed by atoms with Gasteiger partial charge in [0.1, 0.15) is 0 Å². The van der Waals surface area contributed by atoms with Crippen LogP contribution in [0.5, 0.6) is 0 Å². The molecule has 2 rings (SSSR count). The molecule has 0 aliphatic heterocycles. The van der Waals surface area contributed by atoms with E-state index in [1.54, 1.807) is 0 Å². The quantitative estimate of drug-likeness (QED) is 0.731. The van der Waals surface area contributed by atoms with Crippen LogP contribution in [-0.4, -0.2) is 16.5 Å². The van der Waals surface area contributed by atoms with Gasteiger partial charge in [0.05, 0.1) is 17.5 Å². The summed E-state index contributed by atoms with van der Waals surface area (Å²) < 4.78 is 0. The van der Waals surface area contributed by atoms with Gasteiger partial charge in [0.25, 0.3) is 0 Å². The Balaban J connectivity index is 2.60. The zero-order valence-corrected chi connectivity index (χ0v) is 7.82. The minimum Gasteiger partial charge on any atom is -0.298 e. The Morgan fingerprint density at radius 1 is 1.36 bits per heavy atom. The van der Waals surface area contributed by atoms with E-state index >= 15 is 0 Å². The Hall–Kier alpha value is -1.90. The summed E-state index contributed by atoms with van der Waals surface area (Å²) in [7, 11) is 0. The number of rotatable bonds is 2. The molecule has 0 fully saturated rings. The average molecular weight is 186 g/mol. The van der Waals surface area contributed by atoms with E-state index in [-0.39, 0.29) is 0 Å². The number of nitrogens with zero attached hydrogens (tertiary/aromatic N) is 1. The molecule has 1 heterocycles. The molecule has 70 valence electrons. The highest BCUT2D eigenvalue weighted by molar-refractivity contribution is 5.86. The molecule has 1 aromatic carbocycles. The van der Waals surface area contributed by atoms with Crippen LogP contribution < -0.4 is 0 Å². The number of carbonyl (C=O) groups excluding carboxylic acids is 1. The molecular weight excluding hydrogens is 176 g/mol. The minimum atomic E-state index is 0.597. The lowest BCUT2D eigenvalue weighted by molar-refractivity contribution is 0.112. The minimum absolute atomic E-state index is 0.597. The predicted octanol–water partition coefficient (Wildman–Crippen LogP) is 2.20. The molecule has 0 aliphatic rings. The lowest BCUT2D eigenvalue weighted by Crippen LogP contribution is -1.87. The normalized spacial score (nSPS) is 10.1. The Bertz CT molecular complexity index is 460. The van der Waals surface area contributed by atoms with Gasteiger partial charge in [-0.15, -0.1) is 0 Å². The number of hydrogen-bond acceptors (Lipinski definition) is 2. The van der Waals surface area contributed by atoms with Crippen molar-refractivity contribution < 1.29 is 4.79 Å². The van der Waals surface area contributed by atoms with Crippen LogP contribution in [0, 0.1) is 6.92 Å². The second-order valence-electron chi connectivity index (χ2n) is 3.13. The number of aromatic nitrogens is 2. The molecule has 2 aromatic rings. The molecule has 1 N–H and O–H groups in total. The fraction of sp³-hybridized carbons (Fsp3) is 0.0909. The molecule has 1 aromatic heterocycles. The molecule has 3 nitrogen and oxygen atoms in total. The standard InChI is InChI=1S/C11H10N2O/c1-8-4-2-3-5-10(8)11-9(7-14)6-12-13-11/h2-7H,1H3,(H,12,13). The van der Waals surface area contributed by atoms with Crippen LogP contribution in [0.2, 0.25) is 0 Å². The first-order valence-corrected chi connectivity index (χ1v) is 4.37. The lowest BCUT2D eigenvalue weighted by Gasteiger charge is -2.02. The first kappa shape index (κ1) is 8.69. The van der Waals surface area contributed by atoms with E-state index in [9.17, 15) is 4.79 Å². The zero-order valence-electron chi connectivity index (χ0n) is 7.82. The van der Waals surface area contributed by atoms with Gasteiger partial charge in [-0.3, -0.25) is 9.89 Å². The number of hydrogen-bond donors (Lipinski definition) is 1. The summed E-state index contributed by atoms with van der Waals surface area (Å²) >= 11 is 0. The summed E-state index contributed by atoms with van der Waals surface area (Å²) in [6.07, 6.45) is 2.35. The van der Waals surface area contributed by atoms with Gasteiger partial charge in [-0.25, -0.2) is 0 Å². The first-order chi connectivity index (χ1) is 6.83. The van der Waals surface area contributed by atoms with Gasteiger partial charge in [0.15, 0.2) is 6.29 Å². The summed E-state index contributed by atoms with van der Waals surface area (Å²) in [4.78, 5) is 10.7. The van der Waals surface area contributed by atoms with E-state index in [4.69, 9.17) is 0 Å². The lowest BCUT2D eigenvalue weighted by atomic mass is 10.0. The van der Waals surface area contributed by atoms with Gasteiger partial charge < -0.3 is 0 Å². The molecule has 0 bridgehead atoms. The van der Waals surface area contributed by atoms with Crippen molar-refractivity contribution in [2.45, 2.75) is 6.92 Å². The molecule has 0 saturated heterocycles. The third kappa shape index (κ3) is 1.33. The molecule has 0 atom stereocenters. The summed E-state index contributed by atoms with van der Waals surface area (Å²) in [6, 6.07) is 7.88. The van der Waals surface area contributed by atoms with Gasteiger partial charge in [0.2, 0.25) is 0 Å². The van der Waals surface area contributed by atoms with E-state index in [1.807, 2.05) is 31.2 Å². The fourth-order valence-electron chi connectivity index (χ4n) is 1.45. The maximum Gasteiger partial charge on any atom is 0.153 e. The summed E-state index contributed by atoms with van der Waals surface area (Å²) in [6.45, 7) is 2.00. The maximum atomic E-state index is 10.7. The second kappa shape index (κ2) is 3.46. The zero-order chi connectivity index (χ0) is 9.97. The molecular formula is C11H10N2O. The summed E-state index contributed by atoms with van der Waals surface area (Å²) in [5.41, 5.74) is 3.53. The smallest absolute Gasteiger partial charge is 0.153 e. The number of benzene rings is 1. The Morgan fingerprint density at radius 3 is 2.86 bits per heavy atom. The SMILES string of the molecule is Cc1ccccc1-c1[nH]ncc1C=O. The summed E-state index contributed by atoms with van der Waals surface area (Å²) in [5, 5.41) is 6.69. The number of aldehydes is 1. The van der Waals surface area contributed by atoms with Crippen molar-refractivity contribution in [1.82, 2.24) is 10.2 Å². The second-order valence-corrected chi connectivity index (χ2v) is 3.13. The third-order valence-corrected chi connectivity index (χ3v) is 2.21. The largest absolute Gasteiger partial charge is 0.298 e. The topological polar surface area (TPSA) is 45.8 Å². The molecule has 3 heteroatoms. The van der Waals surface area contributed by atoms with E-state index in [2.05, 4.69) is 10.2 Å². The van der Waals surface area contributed by atoms with Crippen molar-refractivity contribution in [3.05, 3.63) is 41.6 Å². The molecule has 0 saturated carbocycles. The monoisotopic (exact) mass is 186 g/mol. The molecule has 0 aliphatic carbocycles. The van der Waals surface area contributed by atoms with Crippen molar-refractivity contribution in [1.29, 1.82) is 0 Å². The van der Waals surface area contributed by atoms with E-state index in [0.717, 1.165) is 23.1 Å². The fourth-order valence-corrected chi connectivity index (χ4v) is 1.45. The van der Waals surface area contributed by atoms with Gasteiger partial charge in [-0.2, -0.15) is 5.10 Å². The van der Waals surface area contributed by atoms with Crippen LogP contribution in [0.4, 0.5) is 0 Å². The highest BCUT2D eigenvalue weighted by atomic mass is 16.1. The molecule has 14 heavy (non-hydrogen) atoms. The van der Waals surface area contributed by atoms with Gasteiger partial charge in [0, 0.05) is 5.56 Å². The van der Waals surface area contributed by atoms with Crippen molar-refractivity contribution in [3.8, 4) is 11.3 Å². The van der Waals surface area contributed by atoms with Crippen LogP contribution in [0.3, 0.4) is 0 Å². The van der Waals surface area contributed by atoms with Crippen LogP contribution in [0.15, 0.2) is 30.5 Å². The van der Waals surface area contributed by atoms with E-state index < -0.39 is 0 Å². The Kier molecular flexibility index (Phi) is 2.14.